The molecule has 2 rings (SSSR count). The SMILES string of the molecule is COC(=O)c1ccc(NCC(O)c2ccc(F)cc2)nc1OC. The molecule has 1 aromatic carbocycles. The molecule has 2 N–H and O–H groups in total. The lowest BCUT2D eigenvalue weighted by Gasteiger charge is -2.14. The fraction of sp³-hybridized carbons (Fsp3) is 0.250. The number of ether oxygens (including phenoxy) is 2. The number of carbonyl (C=O) groups is 1. The Kier molecular flexibility index (Phi) is 5.48. The summed E-state index contributed by atoms with van der Waals surface area (Å²) in [6.07, 6.45) is -0.830. The van der Waals surface area contributed by atoms with Crippen molar-refractivity contribution in [3.63, 3.8) is 0 Å². The van der Waals surface area contributed by atoms with Gasteiger partial charge in [-0.25, -0.2) is 9.18 Å². The summed E-state index contributed by atoms with van der Waals surface area (Å²) < 4.78 is 22.5. The number of aliphatic hydroxyl groups excluding tert-OH is 1. The molecule has 0 bridgehead atoms. The monoisotopic (exact) mass is 320 g/mol. The predicted molar refractivity (Wildman–Crippen MR) is 82.0 cm³/mol. The van der Waals surface area contributed by atoms with Crippen molar-refractivity contribution >= 4 is 11.8 Å². The number of esters is 1. The molecule has 1 unspecified atom stereocenters. The number of aliphatic hydroxyl groups is 1. The molecule has 1 atom stereocenters. The molecule has 0 radical (unpaired) electrons. The van der Waals surface area contributed by atoms with Crippen molar-refractivity contribution in [2.75, 3.05) is 26.1 Å². The van der Waals surface area contributed by atoms with Gasteiger partial charge in [-0.05, 0) is 29.8 Å². The summed E-state index contributed by atoms with van der Waals surface area (Å²) >= 11 is 0. The first-order valence-electron chi connectivity index (χ1n) is 6.86. The second-order valence-electron chi connectivity index (χ2n) is 4.69. The molecule has 0 fully saturated rings. The zero-order valence-electron chi connectivity index (χ0n) is 12.7. The van der Waals surface area contributed by atoms with Crippen LogP contribution in [0.25, 0.3) is 0 Å². The van der Waals surface area contributed by atoms with Gasteiger partial charge in [0.2, 0.25) is 5.88 Å². The molecule has 0 saturated carbocycles. The van der Waals surface area contributed by atoms with Crippen molar-refractivity contribution in [2.45, 2.75) is 6.10 Å². The van der Waals surface area contributed by atoms with Gasteiger partial charge in [0, 0.05) is 6.54 Å². The minimum Gasteiger partial charge on any atom is -0.480 e. The smallest absolute Gasteiger partial charge is 0.343 e. The summed E-state index contributed by atoms with van der Waals surface area (Å²) in [7, 11) is 2.67. The molecule has 1 aromatic heterocycles. The quantitative estimate of drug-likeness (QED) is 0.794. The van der Waals surface area contributed by atoms with Gasteiger partial charge in [0.05, 0.1) is 20.3 Å². The van der Waals surface area contributed by atoms with Crippen LogP contribution in [0.1, 0.15) is 22.0 Å². The molecule has 0 aliphatic heterocycles. The number of nitrogens with zero attached hydrogens (tertiary/aromatic N) is 1. The van der Waals surface area contributed by atoms with E-state index in [-0.39, 0.29) is 23.8 Å². The second-order valence-corrected chi connectivity index (χ2v) is 4.69. The molecule has 23 heavy (non-hydrogen) atoms. The topological polar surface area (TPSA) is 80.7 Å². The number of nitrogens with one attached hydrogen (secondary N) is 1. The van der Waals surface area contributed by atoms with E-state index in [2.05, 4.69) is 15.0 Å². The van der Waals surface area contributed by atoms with E-state index in [4.69, 9.17) is 4.74 Å². The van der Waals surface area contributed by atoms with Crippen LogP contribution >= 0.6 is 0 Å². The average molecular weight is 320 g/mol. The summed E-state index contributed by atoms with van der Waals surface area (Å²) in [5.74, 6) is -0.361. The standard InChI is InChI=1S/C16H17FN2O4/c1-22-15-12(16(21)23-2)7-8-14(19-15)18-9-13(20)10-3-5-11(17)6-4-10/h3-8,13,20H,9H2,1-2H3,(H,18,19). The molecule has 0 aliphatic rings. The molecular formula is C16H17FN2O4. The van der Waals surface area contributed by atoms with Gasteiger partial charge in [-0.1, -0.05) is 12.1 Å². The van der Waals surface area contributed by atoms with Crippen molar-refractivity contribution < 1.29 is 23.8 Å². The van der Waals surface area contributed by atoms with Crippen LogP contribution in [-0.4, -0.2) is 36.8 Å². The van der Waals surface area contributed by atoms with Crippen molar-refractivity contribution in [1.29, 1.82) is 0 Å². The van der Waals surface area contributed by atoms with E-state index in [0.717, 1.165) is 0 Å². The summed E-state index contributed by atoms with van der Waals surface area (Å²) in [5, 5.41) is 13.0. The number of hydrogen-bond donors (Lipinski definition) is 2. The molecule has 0 saturated heterocycles. The number of hydrogen-bond acceptors (Lipinski definition) is 6. The Hall–Kier alpha value is -2.67. The molecule has 1 heterocycles. The fourth-order valence-corrected chi connectivity index (χ4v) is 1.96. The molecule has 7 heteroatoms. The lowest BCUT2D eigenvalue weighted by Crippen LogP contribution is -2.14. The summed E-state index contributed by atoms with van der Waals surface area (Å²) in [5.41, 5.74) is 0.789. The lowest BCUT2D eigenvalue weighted by molar-refractivity contribution is 0.0596. The number of aromatic nitrogens is 1. The Balaban J connectivity index is 2.05. The molecule has 2 aromatic rings. The van der Waals surface area contributed by atoms with Gasteiger partial charge in [-0.2, -0.15) is 4.98 Å². The molecule has 0 spiro atoms. The average Bonchev–Trinajstić information content (AvgIpc) is 2.59. The van der Waals surface area contributed by atoms with Crippen LogP contribution in [-0.2, 0) is 4.74 Å². The molecule has 0 amide bonds. The minimum absolute atomic E-state index is 0.123. The highest BCUT2D eigenvalue weighted by Gasteiger charge is 2.15. The van der Waals surface area contributed by atoms with E-state index in [1.54, 1.807) is 6.07 Å². The van der Waals surface area contributed by atoms with Crippen LogP contribution in [0.5, 0.6) is 5.88 Å². The Morgan fingerprint density at radius 3 is 2.57 bits per heavy atom. The van der Waals surface area contributed by atoms with Crippen molar-refractivity contribution in [2.24, 2.45) is 0 Å². The summed E-state index contributed by atoms with van der Waals surface area (Å²) in [6, 6.07) is 8.68. The van der Waals surface area contributed by atoms with E-state index in [9.17, 15) is 14.3 Å². The molecular weight excluding hydrogens is 303 g/mol. The van der Waals surface area contributed by atoms with E-state index in [1.165, 1.54) is 44.6 Å². The van der Waals surface area contributed by atoms with Crippen LogP contribution in [0, 0.1) is 5.82 Å². The van der Waals surface area contributed by atoms with Crippen LogP contribution in [0.2, 0.25) is 0 Å². The van der Waals surface area contributed by atoms with Gasteiger partial charge in [-0.15, -0.1) is 0 Å². The van der Waals surface area contributed by atoms with Gasteiger partial charge in [0.15, 0.2) is 0 Å². The number of halogens is 1. The number of anilines is 1. The first-order chi connectivity index (χ1) is 11.0. The van der Waals surface area contributed by atoms with Crippen molar-refractivity contribution in [1.82, 2.24) is 4.98 Å². The Morgan fingerprint density at radius 2 is 1.96 bits per heavy atom. The molecule has 122 valence electrons. The highest BCUT2D eigenvalue weighted by atomic mass is 19.1. The van der Waals surface area contributed by atoms with Gasteiger partial charge in [0.1, 0.15) is 17.2 Å². The first-order valence-corrected chi connectivity index (χ1v) is 6.86. The maximum atomic E-state index is 12.9. The Morgan fingerprint density at radius 1 is 1.26 bits per heavy atom. The Labute approximate surface area is 132 Å². The predicted octanol–water partition coefficient (Wildman–Crippen LogP) is 2.16. The Bertz CT molecular complexity index is 676. The fourth-order valence-electron chi connectivity index (χ4n) is 1.96. The highest BCUT2D eigenvalue weighted by Crippen LogP contribution is 2.20. The molecule has 0 aliphatic carbocycles. The van der Waals surface area contributed by atoms with Gasteiger partial charge in [0.25, 0.3) is 0 Å². The number of pyridine rings is 1. The lowest BCUT2D eigenvalue weighted by atomic mass is 10.1. The number of benzene rings is 1. The maximum absolute atomic E-state index is 12.9. The first kappa shape index (κ1) is 16.7. The van der Waals surface area contributed by atoms with Crippen LogP contribution in [0.15, 0.2) is 36.4 Å². The van der Waals surface area contributed by atoms with Crippen LogP contribution in [0.4, 0.5) is 10.2 Å². The van der Waals surface area contributed by atoms with Crippen molar-refractivity contribution in [3.8, 4) is 5.88 Å². The van der Waals surface area contributed by atoms with Crippen LogP contribution in [0.3, 0.4) is 0 Å². The highest BCUT2D eigenvalue weighted by molar-refractivity contribution is 5.92. The van der Waals surface area contributed by atoms with E-state index in [1.807, 2.05) is 0 Å². The number of methoxy groups -OCH3 is 2. The largest absolute Gasteiger partial charge is 0.480 e. The third-order valence-electron chi connectivity index (χ3n) is 3.19. The summed E-state index contributed by atoms with van der Waals surface area (Å²) in [4.78, 5) is 15.7. The van der Waals surface area contributed by atoms with E-state index in [0.29, 0.717) is 11.4 Å². The van der Waals surface area contributed by atoms with Crippen LogP contribution < -0.4 is 10.1 Å². The number of carbonyl (C=O) groups excluding carboxylic acids is 1. The minimum atomic E-state index is -0.830. The summed E-state index contributed by atoms with van der Waals surface area (Å²) in [6.45, 7) is 0.166. The second kappa shape index (κ2) is 7.55. The van der Waals surface area contributed by atoms with Gasteiger partial charge < -0.3 is 19.9 Å². The van der Waals surface area contributed by atoms with Gasteiger partial charge in [-0.3, -0.25) is 0 Å². The van der Waals surface area contributed by atoms with E-state index < -0.39 is 12.1 Å². The van der Waals surface area contributed by atoms with Gasteiger partial charge >= 0.3 is 5.97 Å². The van der Waals surface area contributed by atoms with E-state index >= 15 is 0 Å². The normalized spacial score (nSPS) is 11.7. The zero-order chi connectivity index (χ0) is 16.8. The third kappa shape index (κ3) is 4.17. The molecule has 6 nitrogen and oxygen atoms in total. The maximum Gasteiger partial charge on any atom is 0.343 e. The number of rotatable bonds is 6. The van der Waals surface area contributed by atoms with Crippen molar-refractivity contribution in [3.05, 3.63) is 53.3 Å². The zero-order valence-corrected chi connectivity index (χ0v) is 12.7. The third-order valence-corrected chi connectivity index (χ3v) is 3.19.